The molecule has 182 valence electrons. The zero-order chi connectivity index (χ0) is 24.9. The fourth-order valence-corrected chi connectivity index (χ4v) is 3.16. The van der Waals surface area contributed by atoms with E-state index in [1.54, 1.807) is 43.9 Å². The molecule has 0 heterocycles. The van der Waals surface area contributed by atoms with Crippen LogP contribution in [0, 0.1) is 5.82 Å². The second-order valence-electron chi connectivity index (χ2n) is 8.05. The lowest BCUT2D eigenvalue weighted by molar-refractivity contribution is -0.122. The monoisotopic (exact) mass is 469 g/mol. The first kappa shape index (κ1) is 26.9. The first-order valence-electron chi connectivity index (χ1n) is 11.1. The van der Waals surface area contributed by atoms with E-state index in [-0.39, 0.29) is 17.6 Å². The molecule has 0 aliphatic heterocycles. The molecule has 0 spiro atoms. The molecular formula is C26H32FN3O4. The molecule has 0 aliphatic carbocycles. The van der Waals surface area contributed by atoms with E-state index in [0.29, 0.717) is 24.1 Å². The van der Waals surface area contributed by atoms with Crippen molar-refractivity contribution in [1.82, 2.24) is 15.7 Å². The van der Waals surface area contributed by atoms with Gasteiger partial charge in [0.05, 0.1) is 0 Å². The molecule has 0 aromatic heterocycles. The fourth-order valence-electron chi connectivity index (χ4n) is 3.16. The van der Waals surface area contributed by atoms with Crippen LogP contribution in [-0.4, -0.2) is 53.9 Å². The topological polar surface area (TPSA) is 102 Å². The summed E-state index contributed by atoms with van der Waals surface area (Å²) in [5.74, 6) is -0.749. The van der Waals surface area contributed by atoms with E-state index >= 15 is 0 Å². The molecule has 1 unspecified atom stereocenters. The van der Waals surface area contributed by atoms with Gasteiger partial charge in [-0.3, -0.25) is 9.59 Å². The maximum atomic E-state index is 13.3. The van der Waals surface area contributed by atoms with Gasteiger partial charge in [-0.2, -0.15) is 5.48 Å². The van der Waals surface area contributed by atoms with Gasteiger partial charge >= 0.3 is 0 Å². The summed E-state index contributed by atoms with van der Waals surface area (Å²) in [5, 5.41) is 20.5. The summed E-state index contributed by atoms with van der Waals surface area (Å²) in [6.45, 7) is 0.529. The third kappa shape index (κ3) is 9.27. The van der Waals surface area contributed by atoms with Crippen LogP contribution in [-0.2, 0) is 9.59 Å². The van der Waals surface area contributed by atoms with E-state index in [2.05, 4.69) is 5.32 Å². The Morgan fingerprint density at radius 1 is 1.00 bits per heavy atom. The number of halogens is 1. The number of amides is 2. The lowest BCUT2D eigenvalue weighted by atomic mass is 10.0. The van der Waals surface area contributed by atoms with Crippen molar-refractivity contribution in [2.45, 2.75) is 31.9 Å². The highest BCUT2D eigenvalue weighted by Crippen LogP contribution is 2.21. The van der Waals surface area contributed by atoms with Gasteiger partial charge in [-0.1, -0.05) is 42.8 Å². The molecule has 1 atom stereocenters. The summed E-state index contributed by atoms with van der Waals surface area (Å²) >= 11 is 0. The minimum atomic E-state index is -0.914. The van der Waals surface area contributed by atoms with Crippen LogP contribution in [0.3, 0.4) is 0 Å². The van der Waals surface area contributed by atoms with Crippen LogP contribution in [0.1, 0.15) is 42.4 Å². The standard InChI is InChI=1S/C26H32FN3O4/c1-30(2)26(33)23(21-12-14-22(27)15-13-21)18-20-9-7-19(8-10-20)11-16-24(31)28-17-5-3-4-6-25(32)29-34/h7-16,18,25,29,32,34H,3-6,17H2,1-2H3,(H,28,31)/b16-11+,23-18+. The quantitative estimate of drug-likeness (QED) is 0.125. The van der Waals surface area contributed by atoms with Crippen LogP contribution in [0.5, 0.6) is 0 Å². The molecule has 2 aromatic rings. The normalized spacial score (nSPS) is 12.6. The van der Waals surface area contributed by atoms with E-state index in [1.165, 1.54) is 23.1 Å². The zero-order valence-electron chi connectivity index (χ0n) is 19.5. The summed E-state index contributed by atoms with van der Waals surface area (Å²) in [7, 11) is 3.33. The summed E-state index contributed by atoms with van der Waals surface area (Å²) in [6, 6.07) is 13.2. The smallest absolute Gasteiger partial charge is 0.253 e. The van der Waals surface area contributed by atoms with Crippen molar-refractivity contribution < 1.29 is 24.3 Å². The number of hydrogen-bond donors (Lipinski definition) is 4. The number of aliphatic hydroxyl groups is 1. The van der Waals surface area contributed by atoms with Crippen molar-refractivity contribution in [3.63, 3.8) is 0 Å². The highest BCUT2D eigenvalue weighted by atomic mass is 19.1. The Hall–Kier alpha value is -3.33. The van der Waals surface area contributed by atoms with E-state index in [4.69, 9.17) is 5.21 Å². The van der Waals surface area contributed by atoms with Gasteiger partial charge in [-0.25, -0.2) is 4.39 Å². The van der Waals surface area contributed by atoms with E-state index in [1.807, 2.05) is 24.3 Å². The second-order valence-corrected chi connectivity index (χ2v) is 8.05. The first-order valence-corrected chi connectivity index (χ1v) is 11.1. The molecule has 8 heteroatoms. The average molecular weight is 470 g/mol. The maximum Gasteiger partial charge on any atom is 0.253 e. The van der Waals surface area contributed by atoms with Crippen LogP contribution in [0.2, 0.25) is 0 Å². The lowest BCUT2D eigenvalue weighted by Crippen LogP contribution is -2.25. The van der Waals surface area contributed by atoms with Crippen molar-refractivity contribution in [2.24, 2.45) is 0 Å². The third-order valence-electron chi connectivity index (χ3n) is 5.07. The Kier molecular flexibility index (Phi) is 11.1. The van der Waals surface area contributed by atoms with Gasteiger partial charge in [0.15, 0.2) is 0 Å². The molecule has 34 heavy (non-hydrogen) atoms. The largest absolute Gasteiger partial charge is 0.377 e. The zero-order valence-corrected chi connectivity index (χ0v) is 19.5. The number of benzene rings is 2. The van der Waals surface area contributed by atoms with Gasteiger partial charge < -0.3 is 20.5 Å². The van der Waals surface area contributed by atoms with E-state index < -0.39 is 6.23 Å². The highest BCUT2D eigenvalue weighted by molar-refractivity contribution is 6.24. The maximum absolute atomic E-state index is 13.3. The van der Waals surface area contributed by atoms with Gasteiger partial charge in [-0.15, -0.1) is 0 Å². The Morgan fingerprint density at radius 2 is 1.65 bits per heavy atom. The number of nitrogens with one attached hydrogen (secondary N) is 2. The summed E-state index contributed by atoms with van der Waals surface area (Å²) in [5.41, 5.74) is 4.50. The number of unbranched alkanes of at least 4 members (excludes halogenated alkanes) is 2. The number of rotatable bonds is 12. The molecule has 0 saturated carbocycles. The number of nitrogens with zero attached hydrogens (tertiary/aromatic N) is 1. The van der Waals surface area contributed by atoms with Crippen LogP contribution in [0.15, 0.2) is 54.6 Å². The van der Waals surface area contributed by atoms with E-state index in [0.717, 1.165) is 30.4 Å². The fraction of sp³-hybridized carbons (Fsp3) is 0.308. The van der Waals surface area contributed by atoms with Crippen LogP contribution < -0.4 is 10.8 Å². The number of hydrogen-bond acceptors (Lipinski definition) is 5. The van der Waals surface area contributed by atoms with Crippen LogP contribution in [0.4, 0.5) is 4.39 Å². The van der Waals surface area contributed by atoms with Gasteiger partial charge in [-0.05, 0) is 60.2 Å². The van der Waals surface area contributed by atoms with Crippen molar-refractivity contribution in [1.29, 1.82) is 0 Å². The summed E-state index contributed by atoms with van der Waals surface area (Å²) < 4.78 is 13.3. The predicted octanol–water partition coefficient (Wildman–Crippen LogP) is 3.44. The van der Waals surface area contributed by atoms with Crippen molar-refractivity contribution >= 4 is 29.5 Å². The number of likely N-dealkylation sites (N-methyl/N-ethyl adjacent to an activating group) is 1. The molecule has 0 fully saturated rings. The molecule has 0 bridgehead atoms. The molecule has 0 saturated heterocycles. The minimum absolute atomic E-state index is 0.187. The van der Waals surface area contributed by atoms with Crippen molar-refractivity contribution in [3.05, 3.63) is 77.1 Å². The molecule has 7 nitrogen and oxygen atoms in total. The van der Waals surface area contributed by atoms with Gasteiger partial charge in [0.1, 0.15) is 12.0 Å². The Morgan fingerprint density at radius 3 is 2.26 bits per heavy atom. The number of carbonyl (C=O) groups is 2. The molecule has 0 aliphatic rings. The number of carbonyl (C=O) groups excluding carboxylic acids is 2. The molecule has 2 aromatic carbocycles. The van der Waals surface area contributed by atoms with E-state index in [9.17, 15) is 19.1 Å². The average Bonchev–Trinajstić information content (AvgIpc) is 2.84. The Labute approximate surface area is 199 Å². The van der Waals surface area contributed by atoms with Crippen molar-refractivity contribution in [2.75, 3.05) is 20.6 Å². The Balaban J connectivity index is 1.94. The SMILES string of the molecule is CN(C)C(=O)/C(=C/c1ccc(/C=C/C(=O)NCCCCCC(O)NO)cc1)c1ccc(F)cc1. The van der Waals surface area contributed by atoms with Gasteiger partial charge in [0.25, 0.3) is 5.91 Å². The summed E-state index contributed by atoms with van der Waals surface area (Å²) in [4.78, 5) is 26.1. The molecule has 2 amide bonds. The van der Waals surface area contributed by atoms with Crippen LogP contribution >= 0.6 is 0 Å². The first-order chi connectivity index (χ1) is 16.3. The lowest BCUT2D eigenvalue weighted by Gasteiger charge is -2.14. The van der Waals surface area contributed by atoms with Crippen molar-refractivity contribution in [3.8, 4) is 0 Å². The van der Waals surface area contributed by atoms with Crippen LogP contribution in [0.25, 0.3) is 17.7 Å². The summed E-state index contributed by atoms with van der Waals surface area (Å²) in [6.07, 6.45) is 6.80. The molecular weight excluding hydrogens is 437 g/mol. The van der Waals surface area contributed by atoms with Gasteiger partial charge in [0, 0.05) is 32.3 Å². The second kappa shape index (κ2) is 14.0. The number of hydroxylamine groups is 1. The number of aliphatic hydroxyl groups excluding tert-OH is 1. The third-order valence-corrected chi connectivity index (χ3v) is 5.07. The molecule has 0 radical (unpaired) electrons. The molecule has 4 N–H and O–H groups in total. The molecule has 2 rings (SSSR count). The minimum Gasteiger partial charge on any atom is -0.377 e. The highest BCUT2D eigenvalue weighted by Gasteiger charge is 2.14. The van der Waals surface area contributed by atoms with Gasteiger partial charge in [0.2, 0.25) is 5.91 Å². The Bertz CT molecular complexity index is 986. The predicted molar refractivity (Wildman–Crippen MR) is 131 cm³/mol.